The lowest BCUT2D eigenvalue weighted by atomic mass is 9.84. The van der Waals surface area contributed by atoms with Crippen molar-refractivity contribution in [2.45, 2.75) is 52.1 Å². The standard InChI is InChI=1S/C24H29N3O3/c1-14-4-7-18(12-22(14)30-3)26-23(28)16-5-8-19(9-6-16)27-13-21-15(2)10-17(25)11-20(21)24(27)29/h4,7,10-12,16,19H,5-6,8-9,13,25H2,1-3H3,(H,26,28). The molecule has 1 fully saturated rings. The van der Waals surface area contributed by atoms with E-state index in [1.807, 2.05) is 43.0 Å². The first-order chi connectivity index (χ1) is 14.4. The van der Waals surface area contributed by atoms with Crippen LogP contribution < -0.4 is 15.8 Å². The van der Waals surface area contributed by atoms with E-state index in [2.05, 4.69) is 5.32 Å². The summed E-state index contributed by atoms with van der Waals surface area (Å²) in [4.78, 5) is 27.7. The van der Waals surface area contributed by atoms with Crippen LogP contribution in [0.3, 0.4) is 0 Å². The fourth-order valence-electron chi connectivity index (χ4n) is 4.73. The van der Waals surface area contributed by atoms with Crippen molar-refractivity contribution in [3.63, 3.8) is 0 Å². The molecule has 6 nitrogen and oxygen atoms in total. The first kappa shape index (κ1) is 20.3. The van der Waals surface area contributed by atoms with Crippen LogP contribution in [-0.4, -0.2) is 29.9 Å². The van der Waals surface area contributed by atoms with Crippen molar-refractivity contribution >= 4 is 23.2 Å². The van der Waals surface area contributed by atoms with E-state index in [1.165, 1.54) is 0 Å². The van der Waals surface area contributed by atoms with Crippen molar-refractivity contribution in [2.75, 3.05) is 18.2 Å². The van der Waals surface area contributed by atoms with Crippen LogP contribution in [0.25, 0.3) is 0 Å². The number of methoxy groups -OCH3 is 1. The van der Waals surface area contributed by atoms with Crippen molar-refractivity contribution in [1.29, 1.82) is 0 Å². The second-order valence-electron chi connectivity index (χ2n) is 8.48. The Hall–Kier alpha value is -3.02. The zero-order chi connectivity index (χ0) is 21.4. The van der Waals surface area contributed by atoms with E-state index in [9.17, 15) is 9.59 Å². The van der Waals surface area contributed by atoms with Gasteiger partial charge in [0.2, 0.25) is 5.91 Å². The number of carbonyl (C=O) groups excluding carboxylic acids is 2. The SMILES string of the molecule is COc1cc(NC(=O)C2CCC(N3Cc4c(C)cc(N)cc4C3=O)CC2)ccc1C. The van der Waals surface area contributed by atoms with Gasteiger partial charge in [0.25, 0.3) is 5.91 Å². The molecule has 2 aromatic carbocycles. The van der Waals surface area contributed by atoms with Gasteiger partial charge in [-0.15, -0.1) is 0 Å². The van der Waals surface area contributed by atoms with Crippen LogP contribution >= 0.6 is 0 Å². The number of amides is 2. The molecule has 2 aliphatic rings. The second kappa shape index (κ2) is 8.01. The van der Waals surface area contributed by atoms with E-state index < -0.39 is 0 Å². The fourth-order valence-corrected chi connectivity index (χ4v) is 4.73. The maximum absolute atomic E-state index is 12.9. The highest BCUT2D eigenvalue weighted by molar-refractivity contribution is 6.00. The van der Waals surface area contributed by atoms with Gasteiger partial charge in [0, 0.05) is 41.5 Å². The summed E-state index contributed by atoms with van der Waals surface area (Å²) in [6, 6.07) is 9.59. The van der Waals surface area contributed by atoms with Crippen molar-refractivity contribution in [3.05, 3.63) is 52.6 Å². The van der Waals surface area contributed by atoms with Gasteiger partial charge in [-0.3, -0.25) is 9.59 Å². The van der Waals surface area contributed by atoms with Gasteiger partial charge in [0.05, 0.1) is 7.11 Å². The number of hydrogen-bond acceptors (Lipinski definition) is 4. The Bertz CT molecular complexity index is 993. The molecular formula is C24H29N3O3. The van der Waals surface area contributed by atoms with E-state index in [0.29, 0.717) is 12.2 Å². The molecular weight excluding hydrogens is 378 g/mol. The predicted octanol–water partition coefficient (Wildman–Crippen LogP) is 4.05. The zero-order valence-electron chi connectivity index (χ0n) is 17.8. The Balaban J connectivity index is 1.37. The average molecular weight is 408 g/mol. The third-order valence-electron chi connectivity index (χ3n) is 6.50. The quantitative estimate of drug-likeness (QED) is 0.749. The lowest BCUT2D eigenvalue weighted by Crippen LogP contribution is -2.40. The topological polar surface area (TPSA) is 84.7 Å². The Morgan fingerprint density at radius 3 is 2.53 bits per heavy atom. The lowest BCUT2D eigenvalue weighted by Gasteiger charge is -2.34. The van der Waals surface area contributed by atoms with Crippen LogP contribution in [-0.2, 0) is 11.3 Å². The average Bonchev–Trinajstić information content (AvgIpc) is 3.06. The number of fused-ring (bicyclic) bond motifs is 1. The molecule has 1 heterocycles. The Labute approximate surface area is 177 Å². The van der Waals surface area contributed by atoms with Gasteiger partial charge in [0.1, 0.15) is 5.75 Å². The molecule has 1 aliphatic heterocycles. The van der Waals surface area contributed by atoms with Crippen molar-refractivity contribution in [3.8, 4) is 5.75 Å². The molecule has 2 amide bonds. The monoisotopic (exact) mass is 407 g/mol. The van der Waals surface area contributed by atoms with Crippen LogP contribution in [0.15, 0.2) is 30.3 Å². The van der Waals surface area contributed by atoms with Crippen LogP contribution in [0.4, 0.5) is 11.4 Å². The summed E-state index contributed by atoms with van der Waals surface area (Å²) in [5.74, 6) is 0.838. The zero-order valence-corrected chi connectivity index (χ0v) is 17.8. The maximum atomic E-state index is 12.9. The number of nitrogens with two attached hydrogens (primary N) is 1. The number of aryl methyl sites for hydroxylation is 2. The van der Waals surface area contributed by atoms with Gasteiger partial charge in [-0.05, 0) is 74.4 Å². The predicted molar refractivity (Wildman–Crippen MR) is 118 cm³/mol. The molecule has 3 N–H and O–H groups in total. The molecule has 6 heteroatoms. The molecule has 0 saturated heterocycles. The molecule has 1 saturated carbocycles. The third kappa shape index (κ3) is 3.74. The second-order valence-corrected chi connectivity index (χ2v) is 8.48. The van der Waals surface area contributed by atoms with Gasteiger partial charge in [0.15, 0.2) is 0 Å². The van der Waals surface area contributed by atoms with Crippen LogP contribution in [0.2, 0.25) is 0 Å². The smallest absolute Gasteiger partial charge is 0.254 e. The van der Waals surface area contributed by atoms with E-state index in [1.54, 1.807) is 13.2 Å². The van der Waals surface area contributed by atoms with Crippen LogP contribution in [0.5, 0.6) is 5.75 Å². The molecule has 0 aromatic heterocycles. The summed E-state index contributed by atoms with van der Waals surface area (Å²) in [5.41, 5.74) is 11.2. The van der Waals surface area contributed by atoms with Crippen LogP contribution in [0, 0.1) is 19.8 Å². The number of hydrogen-bond donors (Lipinski definition) is 2. The molecule has 4 rings (SSSR count). The minimum Gasteiger partial charge on any atom is -0.496 e. The van der Waals surface area contributed by atoms with Crippen molar-refractivity contribution in [1.82, 2.24) is 4.90 Å². The van der Waals surface area contributed by atoms with E-state index in [0.717, 1.165) is 59.4 Å². The molecule has 0 bridgehead atoms. The normalized spacial score (nSPS) is 20.8. The first-order valence-corrected chi connectivity index (χ1v) is 10.5. The number of anilines is 2. The van der Waals surface area contributed by atoms with E-state index >= 15 is 0 Å². The lowest BCUT2D eigenvalue weighted by molar-refractivity contribution is -0.121. The highest BCUT2D eigenvalue weighted by Crippen LogP contribution is 2.35. The van der Waals surface area contributed by atoms with Gasteiger partial charge >= 0.3 is 0 Å². The van der Waals surface area contributed by atoms with Gasteiger partial charge in [-0.1, -0.05) is 6.07 Å². The van der Waals surface area contributed by atoms with Crippen molar-refractivity contribution in [2.24, 2.45) is 5.92 Å². The number of nitrogens with zero attached hydrogens (tertiary/aromatic N) is 1. The molecule has 30 heavy (non-hydrogen) atoms. The molecule has 0 spiro atoms. The minimum atomic E-state index is -0.0361. The molecule has 0 unspecified atom stereocenters. The Morgan fingerprint density at radius 2 is 1.83 bits per heavy atom. The molecule has 158 valence electrons. The number of carbonyl (C=O) groups is 2. The molecule has 1 aliphatic carbocycles. The minimum absolute atomic E-state index is 0.0361. The molecule has 0 radical (unpaired) electrons. The number of ether oxygens (including phenoxy) is 1. The highest BCUT2D eigenvalue weighted by atomic mass is 16.5. The molecule has 2 aromatic rings. The van der Waals surface area contributed by atoms with Gasteiger partial charge < -0.3 is 20.7 Å². The third-order valence-corrected chi connectivity index (χ3v) is 6.50. The van der Waals surface area contributed by atoms with E-state index in [-0.39, 0.29) is 23.8 Å². The molecule has 0 atom stereocenters. The Kier molecular flexibility index (Phi) is 5.41. The number of rotatable bonds is 4. The summed E-state index contributed by atoms with van der Waals surface area (Å²) in [5, 5.41) is 3.02. The van der Waals surface area contributed by atoms with Gasteiger partial charge in [-0.25, -0.2) is 0 Å². The summed E-state index contributed by atoms with van der Waals surface area (Å²) < 4.78 is 5.34. The maximum Gasteiger partial charge on any atom is 0.254 e. The van der Waals surface area contributed by atoms with Crippen LogP contribution in [0.1, 0.15) is 52.7 Å². The number of nitrogen functional groups attached to an aromatic ring is 1. The largest absolute Gasteiger partial charge is 0.496 e. The van der Waals surface area contributed by atoms with Crippen molar-refractivity contribution < 1.29 is 14.3 Å². The summed E-state index contributed by atoms with van der Waals surface area (Å²) in [6.45, 7) is 4.62. The highest BCUT2D eigenvalue weighted by Gasteiger charge is 2.37. The fraction of sp³-hybridized carbons (Fsp3) is 0.417. The van der Waals surface area contributed by atoms with Gasteiger partial charge in [-0.2, -0.15) is 0 Å². The first-order valence-electron chi connectivity index (χ1n) is 10.5. The number of nitrogens with one attached hydrogen (secondary N) is 1. The summed E-state index contributed by atoms with van der Waals surface area (Å²) in [7, 11) is 1.63. The Morgan fingerprint density at radius 1 is 1.10 bits per heavy atom. The van der Waals surface area contributed by atoms with E-state index in [4.69, 9.17) is 10.5 Å². The summed E-state index contributed by atoms with van der Waals surface area (Å²) in [6.07, 6.45) is 3.23. The summed E-state index contributed by atoms with van der Waals surface area (Å²) >= 11 is 0. The number of benzene rings is 2.